The highest BCUT2D eigenvalue weighted by Crippen LogP contribution is 2.29. The van der Waals surface area contributed by atoms with Crippen LogP contribution in [0.5, 0.6) is 0 Å². The van der Waals surface area contributed by atoms with E-state index in [1.807, 2.05) is 79.8 Å². The number of halogens is 3. The topological polar surface area (TPSA) is 93.0 Å². The summed E-state index contributed by atoms with van der Waals surface area (Å²) in [5.74, 6) is -0.727. The van der Waals surface area contributed by atoms with Crippen molar-refractivity contribution in [3.63, 3.8) is 0 Å². The fraction of sp³-hybridized carbons (Fsp3) is 0.317. The van der Waals surface area contributed by atoms with Gasteiger partial charge < -0.3 is 24.2 Å². The number of anilines is 1. The van der Waals surface area contributed by atoms with E-state index in [0.717, 1.165) is 58.6 Å². The Hall–Kier alpha value is -5.53. The summed E-state index contributed by atoms with van der Waals surface area (Å²) in [5, 5.41) is 8.20. The van der Waals surface area contributed by atoms with Crippen LogP contribution < -0.4 is 4.90 Å². The van der Waals surface area contributed by atoms with Gasteiger partial charge in [-0.15, -0.1) is 5.10 Å². The average Bonchev–Trinajstić information content (AvgIpc) is 3.56. The van der Waals surface area contributed by atoms with Crippen molar-refractivity contribution in [3.05, 3.63) is 131 Å². The third kappa shape index (κ3) is 9.91. The number of carbonyl (C=O) groups is 2. The molecule has 0 spiro atoms. The van der Waals surface area contributed by atoms with E-state index >= 15 is 0 Å². The molecule has 1 atom stereocenters. The molecule has 0 bridgehead atoms. The highest BCUT2D eigenvalue weighted by molar-refractivity contribution is 5.95. The number of aromatic nitrogens is 3. The number of ether oxygens (including phenoxy) is 2. The van der Waals surface area contributed by atoms with E-state index in [4.69, 9.17) is 9.47 Å². The third-order valence-electron chi connectivity index (χ3n) is 9.43. The van der Waals surface area contributed by atoms with E-state index in [-0.39, 0.29) is 32.0 Å². The predicted molar refractivity (Wildman–Crippen MR) is 200 cm³/mol. The summed E-state index contributed by atoms with van der Waals surface area (Å²) in [6, 6.07) is 26.9. The number of likely N-dealkylation sites (N-methyl/N-ethyl adjacent to an activating group) is 1. The van der Waals surface area contributed by atoms with Crippen molar-refractivity contribution in [2.75, 3.05) is 51.4 Å². The summed E-state index contributed by atoms with van der Waals surface area (Å²) in [7, 11) is 3.52. The quantitative estimate of drug-likeness (QED) is 0.0997. The van der Waals surface area contributed by atoms with Crippen LogP contribution in [0.4, 0.5) is 18.9 Å². The monoisotopic (exact) mass is 740 g/mol. The molecule has 6 rings (SSSR count). The number of benzene rings is 4. The van der Waals surface area contributed by atoms with E-state index in [0.29, 0.717) is 25.4 Å². The van der Waals surface area contributed by atoms with Gasteiger partial charge >= 0.3 is 6.18 Å². The molecule has 0 unspecified atom stereocenters. The number of rotatable bonds is 14. The Bertz CT molecular complexity index is 2030. The van der Waals surface area contributed by atoms with Gasteiger partial charge in [0.1, 0.15) is 11.6 Å². The zero-order chi connectivity index (χ0) is 38.1. The van der Waals surface area contributed by atoms with Crippen molar-refractivity contribution in [2.24, 2.45) is 7.05 Å². The summed E-state index contributed by atoms with van der Waals surface area (Å²) in [6.07, 6.45) is -1.45. The first-order valence-electron chi connectivity index (χ1n) is 17.8. The largest absolute Gasteiger partial charge is 0.416 e. The molecule has 4 aromatic carbocycles. The molecule has 10 nitrogen and oxygen atoms in total. The van der Waals surface area contributed by atoms with Crippen LogP contribution in [0.3, 0.4) is 0 Å². The summed E-state index contributed by atoms with van der Waals surface area (Å²) < 4.78 is 52.7. The second-order valence-corrected chi connectivity index (χ2v) is 13.2. The van der Waals surface area contributed by atoms with Gasteiger partial charge in [-0.2, -0.15) is 13.2 Å². The van der Waals surface area contributed by atoms with Gasteiger partial charge in [-0.25, -0.2) is 4.68 Å². The van der Waals surface area contributed by atoms with Crippen LogP contribution in [0.15, 0.2) is 103 Å². The second kappa shape index (κ2) is 17.5. The minimum absolute atomic E-state index is 0.123. The number of amides is 2. The molecule has 2 amide bonds. The SMILES string of the molecule is CN(CCOCc1ccc2c(c1)nnn2C)C(=O)[C@H](Cc1ccccc1)N(Cc1ccc(N2CCOCC2)cc1)C(=O)/C=C/c1ccc(C(F)(F)F)cc1. The van der Waals surface area contributed by atoms with Gasteiger partial charge in [0.05, 0.1) is 37.5 Å². The molecule has 1 aliphatic heterocycles. The van der Waals surface area contributed by atoms with Crippen molar-refractivity contribution in [1.82, 2.24) is 24.8 Å². The highest BCUT2D eigenvalue weighted by Gasteiger charge is 2.32. The fourth-order valence-corrected chi connectivity index (χ4v) is 6.32. The van der Waals surface area contributed by atoms with E-state index in [9.17, 15) is 22.8 Å². The van der Waals surface area contributed by atoms with Crippen LogP contribution in [0.1, 0.15) is 27.8 Å². The van der Waals surface area contributed by atoms with Crippen LogP contribution in [-0.4, -0.2) is 89.2 Å². The summed E-state index contributed by atoms with van der Waals surface area (Å²) in [6.45, 7) is 3.82. The molecule has 2 heterocycles. The van der Waals surface area contributed by atoms with E-state index < -0.39 is 23.7 Å². The first kappa shape index (κ1) is 38.2. The van der Waals surface area contributed by atoms with Gasteiger partial charge in [0, 0.05) is 58.5 Å². The summed E-state index contributed by atoms with van der Waals surface area (Å²) in [5.41, 5.74) is 4.97. The maximum Gasteiger partial charge on any atom is 0.416 e. The summed E-state index contributed by atoms with van der Waals surface area (Å²) in [4.78, 5) is 33.9. The van der Waals surface area contributed by atoms with Gasteiger partial charge in [0.2, 0.25) is 11.8 Å². The van der Waals surface area contributed by atoms with Gasteiger partial charge in [-0.1, -0.05) is 65.9 Å². The summed E-state index contributed by atoms with van der Waals surface area (Å²) >= 11 is 0. The number of morpholine rings is 1. The van der Waals surface area contributed by atoms with Crippen molar-refractivity contribution >= 4 is 34.6 Å². The number of hydrogen-bond donors (Lipinski definition) is 0. The van der Waals surface area contributed by atoms with Crippen molar-refractivity contribution in [1.29, 1.82) is 0 Å². The molecule has 54 heavy (non-hydrogen) atoms. The Labute approximate surface area is 312 Å². The first-order valence-corrected chi connectivity index (χ1v) is 17.8. The highest BCUT2D eigenvalue weighted by atomic mass is 19.4. The minimum atomic E-state index is -4.47. The van der Waals surface area contributed by atoms with Crippen molar-refractivity contribution < 1.29 is 32.2 Å². The second-order valence-electron chi connectivity index (χ2n) is 13.2. The number of hydrogen-bond acceptors (Lipinski definition) is 7. The van der Waals surface area contributed by atoms with Gasteiger partial charge in [0.25, 0.3) is 0 Å². The van der Waals surface area contributed by atoms with Gasteiger partial charge in [0.15, 0.2) is 0 Å². The number of aryl methyl sites for hydroxylation is 1. The molecule has 1 aromatic heterocycles. The lowest BCUT2D eigenvalue weighted by molar-refractivity contribution is -0.143. The Morgan fingerprint density at radius 1 is 0.926 bits per heavy atom. The van der Waals surface area contributed by atoms with E-state index in [1.54, 1.807) is 16.6 Å². The molecule has 0 aliphatic carbocycles. The lowest BCUT2D eigenvalue weighted by atomic mass is 10.0. The van der Waals surface area contributed by atoms with Gasteiger partial charge in [-0.3, -0.25) is 9.59 Å². The van der Waals surface area contributed by atoms with E-state index in [2.05, 4.69) is 15.2 Å². The Kier molecular flexibility index (Phi) is 12.4. The Morgan fingerprint density at radius 2 is 1.63 bits per heavy atom. The maximum absolute atomic E-state index is 14.4. The average molecular weight is 741 g/mol. The van der Waals surface area contributed by atoms with Crippen LogP contribution in [0, 0.1) is 0 Å². The smallest absolute Gasteiger partial charge is 0.378 e. The zero-order valence-corrected chi connectivity index (χ0v) is 30.3. The third-order valence-corrected chi connectivity index (χ3v) is 9.43. The molecule has 1 saturated heterocycles. The standard InChI is InChI=1S/C41H43F3N6O4/c1-47(20-23-54-29-33-12-18-37-36(26-33)45-46-48(37)2)40(52)38(27-31-6-4-3-5-7-31)50(28-32-10-16-35(17-11-32)49-21-24-53-25-22-49)39(51)19-13-30-8-14-34(15-9-30)41(42,43)44/h3-19,26,38H,20-25,27-29H2,1-2H3/b19-13+/t38-/m0/s1. The molecule has 282 valence electrons. The van der Waals surface area contributed by atoms with Gasteiger partial charge in [-0.05, 0) is 64.7 Å². The number of alkyl halides is 3. The van der Waals surface area contributed by atoms with Crippen LogP contribution in [0.2, 0.25) is 0 Å². The molecule has 1 fully saturated rings. The number of fused-ring (bicyclic) bond motifs is 1. The predicted octanol–water partition coefficient (Wildman–Crippen LogP) is 6.15. The zero-order valence-electron chi connectivity index (χ0n) is 30.3. The maximum atomic E-state index is 14.4. The van der Waals surface area contributed by atoms with Crippen LogP contribution in [-0.2, 0) is 51.9 Å². The molecular formula is C41H43F3N6O4. The Balaban J connectivity index is 1.22. The molecule has 0 radical (unpaired) electrons. The minimum Gasteiger partial charge on any atom is -0.378 e. The first-order chi connectivity index (χ1) is 26.0. The Morgan fingerprint density at radius 3 is 2.33 bits per heavy atom. The molecule has 5 aromatic rings. The van der Waals surface area contributed by atoms with Crippen molar-refractivity contribution in [2.45, 2.75) is 31.8 Å². The molecule has 0 saturated carbocycles. The molecular weight excluding hydrogens is 697 g/mol. The molecule has 0 N–H and O–H groups in total. The fourth-order valence-electron chi connectivity index (χ4n) is 6.32. The normalized spacial score (nSPS) is 14.1. The number of carbonyl (C=O) groups excluding carboxylic acids is 2. The number of nitrogens with zero attached hydrogens (tertiary/aromatic N) is 6. The van der Waals surface area contributed by atoms with Crippen LogP contribution in [0.25, 0.3) is 17.1 Å². The molecule has 13 heteroatoms. The lowest BCUT2D eigenvalue weighted by Gasteiger charge is -2.33. The lowest BCUT2D eigenvalue weighted by Crippen LogP contribution is -2.51. The van der Waals surface area contributed by atoms with Crippen LogP contribution >= 0.6 is 0 Å². The molecule has 1 aliphatic rings. The van der Waals surface area contributed by atoms with E-state index in [1.165, 1.54) is 29.2 Å². The van der Waals surface area contributed by atoms with Crippen molar-refractivity contribution in [3.8, 4) is 0 Å².